The van der Waals surface area contributed by atoms with Crippen LogP contribution < -0.4 is 14.4 Å². The maximum atomic E-state index is 13.6. The summed E-state index contributed by atoms with van der Waals surface area (Å²) in [5.41, 5.74) is 3.28. The van der Waals surface area contributed by atoms with Crippen LogP contribution in [0.3, 0.4) is 0 Å². The molecule has 1 unspecified atom stereocenters. The van der Waals surface area contributed by atoms with Gasteiger partial charge in [-0.3, -0.25) is 4.79 Å². The van der Waals surface area contributed by atoms with Gasteiger partial charge in [0.05, 0.1) is 20.3 Å². The van der Waals surface area contributed by atoms with Gasteiger partial charge in [-0.1, -0.05) is 57.7 Å². The minimum atomic E-state index is -0.209. The third-order valence-corrected chi connectivity index (χ3v) is 5.15. The van der Waals surface area contributed by atoms with E-state index in [4.69, 9.17) is 9.47 Å². The quantitative estimate of drug-likeness (QED) is 0.391. The summed E-state index contributed by atoms with van der Waals surface area (Å²) in [7, 11) is 3.27. The second-order valence-corrected chi connectivity index (χ2v) is 6.92. The molecule has 168 valence electrons. The van der Waals surface area contributed by atoms with Crippen molar-refractivity contribution in [2.75, 3.05) is 19.1 Å². The molecule has 0 bridgehead atoms. The predicted molar refractivity (Wildman–Crippen MR) is 134 cm³/mol. The highest BCUT2D eigenvalue weighted by Crippen LogP contribution is 2.31. The number of hydrogen-bond acceptors (Lipinski definition) is 3. The maximum Gasteiger partial charge on any atom is 0.258 e. The molecule has 0 aromatic heterocycles. The van der Waals surface area contributed by atoms with Gasteiger partial charge in [0.2, 0.25) is 0 Å². The standard InChI is InChI=1S/C26H27NO3.C2H6/c1-5-25(19(2)20-11-15-23(29-3)16-12-20)27(22-13-17-24(30-4)18-14-22)26(28)21-9-7-6-8-10-21;1-2/h6-18,25H,2,5H2,1,3-4H3;1-2H3. The van der Waals surface area contributed by atoms with E-state index < -0.39 is 0 Å². The Balaban J connectivity index is 0.00000176. The molecule has 32 heavy (non-hydrogen) atoms. The molecule has 1 amide bonds. The van der Waals surface area contributed by atoms with E-state index in [0.717, 1.165) is 34.7 Å². The lowest BCUT2D eigenvalue weighted by atomic mass is 9.95. The van der Waals surface area contributed by atoms with Gasteiger partial charge >= 0.3 is 0 Å². The lowest BCUT2D eigenvalue weighted by Crippen LogP contribution is -2.41. The number of carbonyl (C=O) groups excluding carboxylic acids is 1. The summed E-state index contributed by atoms with van der Waals surface area (Å²) >= 11 is 0. The summed E-state index contributed by atoms with van der Waals surface area (Å²) in [5, 5.41) is 0. The van der Waals surface area contributed by atoms with Gasteiger partial charge < -0.3 is 14.4 Å². The highest BCUT2D eigenvalue weighted by Gasteiger charge is 2.28. The Morgan fingerprint density at radius 2 is 1.31 bits per heavy atom. The average molecular weight is 432 g/mol. The lowest BCUT2D eigenvalue weighted by molar-refractivity contribution is 0.0981. The Labute approximate surface area is 192 Å². The van der Waals surface area contributed by atoms with Crippen LogP contribution in [0.25, 0.3) is 5.57 Å². The second kappa shape index (κ2) is 12.4. The topological polar surface area (TPSA) is 38.8 Å². The molecule has 0 heterocycles. The molecule has 3 rings (SSSR count). The van der Waals surface area contributed by atoms with E-state index in [-0.39, 0.29) is 11.9 Å². The minimum Gasteiger partial charge on any atom is -0.497 e. The highest BCUT2D eigenvalue weighted by molar-refractivity contribution is 6.08. The molecule has 0 saturated heterocycles. The zero-order valence-corrected chi connectivity index (χ0v) is 19.7. The van der Waals surface area contributed by atoms with Crippen LogP contribution in [0.5, 0.6) is 11.5 Å². The lowest BCUT2D eigenvalue weighted by Gasteiger charge is -2.33. The highest BCUT2D eigenvalue weighted by atomic mass is 16.5. The van der Waals surface area contributed by atoms with Gasteiger partial charge in [0.25, 0.3) is 5.91 Å². The normalized spacial score (nSPS) is 10.9. The number of nitrogens with zero attached hydrogens (tertiary/aromatic N) is 1. The van der Waals surface area contributed by atoms with Crippen LogP contribution in [0.15, 0.2) is 85.4 Å². The largest absolute Gasteiger partial charge is 0.497 e. The summed E-state index contributed by atoms with van der Waals surface area (Å²) in [6.45, 7) is 10.4. The number of methoxy groups -OCH3 is 2. The molecule has 0 aliphatic rings. The second-order valence-electron chi connectivity index (χ2n) is 6.92. The van der Waals surface area contributed by atoms with Gasteiger partial charge in [-0.25, -0.2) is 0 Å². The summed E-state index contributed by atoms with van der Waals surface area (Å²) in [6.07, 6.45) is 0.718. The first-order valence-electron chi connectivity index (χ1n) is 10.9. The van der Waals surface area contributed by atoms with Crippen molar-refractivity contribution in [1.82, 2.24) is 0 Å². The molecule has 0 radical (unpaired) electrons. The fourth-order valence-corrected chi connectivity index (χ4v) is 3.48. The van der Waals surface area contributed by atoms with Crippen molar-refractivity contribution >= 4 is 17.2 Å². The molecule has 3 aromatic rings. The van der Waals surface area contributed by atoms with Gasteiger partial charge in [0.1, 0.15) is 11.5 Å². The molecule has 0 spiro atoms. The summed E-state index contributed by atoms with van der Waals surface area (Å²) in [4.78, 5) is 15.4. The molecular formula is C28H33NO3. The number of rotatable bonds is 8. The van der Waals surface area contributed by atoms with E-state index in [0.29, 0.717) is 5.56 Å². The third-order valence-electron chi connectivity index (χ3n) is 5.15. The average Bonchev–Trinajstić information content (AvgIpc) is 2.88. The van der Waals surface area contributed by atoms with Crippen molar-refractivity contribution in [3.05, 3.63) is 96.6 Å². The maximum absolute atomic E-state index is 13.6. The Kier molecular flexibility index (Phi) is 9.55. The van der Waals surface area contributed by atoms with Gasteiger partial charge in [0.15, 0.2) is 0 Å². The van der Waals surface area contributed by atoms with Crippen molar-refractivity contribution in [2.24, 2.45) is 0 Å². The van der Waals surface area contributed by atoms with Gasteiger partial charge in [-0.05, 0) is 66.1 Å². The molecule has 0 saturated carbocycles. The van der Waals surface area contributed by atoms with Crippen LogP contribution in [-0.2, 0) is 0 Å². The van der Waals surface area contributed by atoms with E-state index >= 15 is 0 Å². The molecule has 0 aliphatic carbocycles. The number of carbonyl (C=O) groups is 1. The zero-order valence-electron chi connectivity index (χ0n) is 19.7. The first-order chi connectivity index (χ1) is 15.6. The molecule has 1 atom stereocenters. The van der Waals surface area contributed by atoms with E-state index in [1.165, 1.54) is 0 Å². The molecule has 0 N–H and O–H groups in total. The van der Waals surface area contributed by atoms with Gasteiger partial charge in [0, 0.05) is 11.3 Å². The summed E-state index contributed by atoms with van der Waals surface area (Å²) in [5.74, 6) is 1.46. The van der Waals surface area contributed by atoms with Gasteiger partial charge in [-0.15, -0.1) is 0 Å². The van der Waals surface area contributed by atoms with E-state index in [9.17, 15) is 4.79 Å². The van der Waals surface area contributed by atoms with Crippen LogP contribution >= 0.6 is 0 Å². The molecule has 3 aromatic carbocycles. The molecule has 0 fully saturated rings. The number of amides is 1. The van der Waals surface area contributed by atoms with Crippen LogP contribution in [0, 0.1) is 0 Å². The minimum absolute atomic E-state index is 0.0673. The summed E-state index contributed by atoms with van der Waals surface area (Å²) < 4.78 is 10.6. The fourth-order valence-electron chi connectivity index (χ4n) is 3.48. The Morgan fingerprint density at radius 1 is 0.812 bits per heavy atom. The Morgan fingerprint density at radius 3 is 1.78 bits per heavy atom. The number of hydrogen-bond donors (Lipinski definition) is 0. The monoisotopic (exact) mass is 431 g/mol. The fraction of sp³-hybridized carbons (Fsp3) is 0.250. The Hall–Kier alpha value is -3.53. The first-order valence-corrected chi connectivity index (χ1v) is 10.9. The molecule has 4 heteroatoms. The number of ether oxygens (including phenoxy) is 2. The van der Waals surface area contributed by atoms with Crippen LogP contribution in [0.1, 0.15) is 43.1 Å². The van der Waals surface area contributed by atoms with Crippen molar-refractivity contribution in [2.45, 2.75) is 33.2 Å². The van der Waals surface area contributed by atoms with E-state index in [2.05, 4.69) is 13.5 Å². The van der Waals surface area contributed by atoms with E-state index in [1.54, 1.807) is 14.2 Å². The Bertz CT molecular complexity index is 979. The smallest absolute Gasteiger partial charge is 0.258 e. The third kappa shape index (κ3) is 5.79. The van der Waals surface area contributed by atoms with E-state index in [1.807, 2.05) is 97.6 Å². The summed E-state index contributed by atoms with van der Waals surface area (Å²) in [6, 6.07) is 24.4. The molecule has 4 nitrogen and oxygen atoms in total. The van der Waals surface area contributed by atoms with Crippen molar-refractivity contribution in [3.8, 4) is 11.5 Å². The first kappa shape index (κ1) is 24.7. The van der Waals surface area contributed by atoms with Gasteiger partial charge in [-0.2, -0.15) is 0 Å². The van der Waals surface area contributed by atoms with Crippen LogP contribution in [-0.4, -0.2) is 26.2 Å². The van der Waals surface area contributed by atoms with Crippen molar-refractivity contribution in [1.29, 1.82) is 0 Å². The van der Waals surface area contributed by atoms with Crippen LogP contribution in [0.2, 0.25) is 0 Å². The predicted octanol–water partition coefficient (Wildman–Crippen LogP) is 6.87. The SMILES string of the molecule is C=C(c1ccc(OC)cc1)C(CC)N(C(=O)c1ccccc1)c1ccc(OC)cc1.CC. The number of anilines is 1. The van der Waals surface area contributed by atoms with Crippen molar-refractivity contribution in [3.63, 3.8) is 0 Å². The van der Waals surface area contributed by atoms with Crippen LogP contribution in [0.4, 0.5) is 5.69 Å². The van der Waals surface area contributed by atoms with Crippen molar-refractivity contribution < 1.29 is 14.3 Å². The molecule has 0 aliphatic heterocycles. The number of benzene rings is 3. The molecular weight excluding hydrogens is 398 g/mol. The zero-order chi connectivity index (χ0) is 23.5.